The summed E-state index contributed by atoms with van der Waals surface area (Å²) in [6.45, 7) is 2.50. The van der Waals surface area contributed by atoms with Crippen molar-refractivity contribution in [2.24, 2.45) is 5.92 Å². The molecule has 1 aliphatic heterocycles. The number of amides is 1. The van der Waals surface area contributed by atoms with Gasteiger partial charge in [0.15, 0.2) is 0 Å². The van der Waals surface area contributed by atoms with E-state index in [1.165, 1.54) is 18.2 Å². The van der Waals surface area contributed by atoms with Gasteiger partial charge in [0.2, 0.25) is 5.91 Å². The van der Waals surface area contributed by atoms with Gasteiger partial charge in [-0.15, -0.1) is 0 Å². The number of carbonyl (C=O) groups is 1. The lowest BCUT2D eigenvalue weighted by atomic mass is 9.98. The third-order valence-corrected chi connectivity index (χ3v) is 3.45. The average molecular weight is 268 g/mol. The maximum atomic E-state index is 13.4. The molecule has 104 valence electrons. The lowest BCUT2D eigenvalue weighted by Crippen LogP contribution is -2.36. The predicted octanol–water partition coefficient (Wildman–Crippen LogP) is 1.62. The SMILES string of the molecule is O=C(Cc1c(F)cccc1F)NCC1CCNCC1. The van der Waals surface area contributed by atoms with Crippen molar-refractivity contribution in [2.45, 2.75) is 19.3 Å². The Bertz CT molecular complexity index is 425. The molecule has 0 aliphatic carbocycles. The zero-order chi connectivity index (χ0) is 13.7. The first kappa shape index (κ1) is 13.9. The Morgan fingerprint density at radius 2 is 1.89 bits per heavy atom. The summed E-state index contributed by atoms with van der Waals surface area (Å²) in [5.41, 5.74) is -0.162. The van der Waals surface area contributed by atoms with Crippen LogP contribution in [0.2, 0.25) is 0 Å². The van der Waals surface area contributed by atoms with Gasteiger partial charge in [-0.3, -0.25) is 4.79 Å². The molecule has 2 N–H and O–H groups in total. The Morgan fingerprint density at radius 1 is 1.26 bits per heavy atom. The van der Waals surface area contributed by atoms with Crippen LogP contribution in [-0.2, 0) is 11.2 Å². The van der Waals surface area contributed by atoms with E-state index in [0.717, 1.165) is 25.9 Å². The molecule has 0 aromatic heterocycles. The summed E-state index contributed by atoms with van der Waals surface area (Å²) in [6.07, 6.45) is 1.80. The molecule has 0 spiro atoms. The summed E-state index contributed by atoms with van der Waals surface area (Å²) in [5, 5.41) is 6.00. The number of nitrogens with one attached hydrogen (secondary N) is 2. The first-order valence-electron chi connectivity index (χ1n) is 6.57. The van der Waals surface area contributed by atoms with Crippen molar-refractivity contribution in [2.75, 3.05) is 19.6 Å². The Balaban J connectivity index is 1.83. The van der Waals surface area contributed by atoms with E-state index in [1.54, 1.807) is 0 Å². The molecule has 0 radical (unpaired) electrons. The third kappa shape index (κ3) is 3.99. The molecule has 1 heterocycles. The molecule has 1 aromatic carbocycles. The van der Waals surface area contributed by atoms with Crippen LogP contribution in [0.4, 0.5) is 8.78 Å². The number of carbonyl (C=O) groups excluding carboxylic acids is 1. The van der Waals surface area contributed by atoms with Crippen LogP contribution in [0.25, 0.3) is 0 Å². The minimum absolute atomic E-state index is 0.162. The second-order valence-electron chi connectivity index (χ2n) is 4.87. The van der Waals surface area contributed by atoms with E-state index >= 15 is 0 Å². The monoisotopic (exact) mass is 268 g/mol. The van der Waals surface area contributed by atoms with E-state index in [9.17, 15) is 13.6 Å². The molecule has 1 fully saturated rings. The maximum absolute atomic E-state index is 13.4. The van der Waals surface area contributed by atoms with Crippen molar-refractivity contribution in [1.29, 1.82) is 0 Å². The Labute approximate surface area is 111 Å². The molecule has 19 heavy (non-hydrogen) atoms. The first-order valence-corrected chi connectivity index (χ1v) is 6.57. The molecule has 1 amide bonds. The second-order valence-corrected chi connectivity index (χ2v) is 4.87. The van der Waals surface area contributed by atoms with Crippen LogP contribution >= 0.6 is 0 Å². The van der Waals surface area contributed by atoms with Crippen LogP contribution in [0.15, 0.2) is 18.2 Å². The van der Waals surface area contributed by atoms with Crippen molar-refractivity contribution in [3.8, 4) is 0 Å². The van der Waals surface area contributed by atoms with Gasteiger partial charge in [0.1, 0.15) is 11.6 Å². The quantitative estimate of drug-likeness (QED) is 0.871. The van der Waals surface area contributed by atoms with E-state index in [-0.39, 0.29) is 17.9 Å². The molecular weight excluding hydrogens is 250 g/mol. The Hall–Kier alpha value is -1.49. The van der Waals surface area contributed by atoms with Crippen LogP contribution in [0.3, 0.4) is 0 Å². The van der Waals surface area contributed by atoms with Crippen molar-refractivity contribution in [3.63, 3.8) is 0 Å². The van der Waals surface area contributed by atoms with Crippen molar-refractivity contribution in [1.82, 2.24) is 10.6 Å². The molecule has 1 aliphatic rings. The lowest BCUT2D eigenvalue weighted by Gasteiger charge is -2.22. The summed E-state index contributed by atoms with van der Waals surface area (Å²) >= 11 is 0. The zero-order valence-corrected chi connectivity index (χ0v) is 10.7. The van der Waals surface area contributed by atoms with Gasteiger partial charge >= 0.3 is 0 Å². The maximum Gasteiger partial charge on any atom is 0.224 e. The van der Waals surface area contributed by atoms with Gasteiger partial charge in [0.05, 0.1) is 6.42 Å². The minimum atomic E-state index is -0.669. The lowest BCUT2D eigenvalue weighted by molar-refractivity contribution is -0.120. The highest BCUT2D eigenvalue weighted by molar-refractivity contribution is 5.78. The molecular formula is C14H18F2N2O. The number of halogens is 2. The fourth-order valence-electron chi connectivity index (χ4n) is 2.27. The van der Waals surface area contributed by atoms with Crippen LogP contribution in [-0.4, -0.2) is 25.5 Å². The molecule has 1 saturated heterocycles. The van der Waals surface area contributed by atoms with Gasteiger partial charge in [-0.1, -0.05) is 6.07 Å². The summed E-state index contributed by atoms with van der Waals surface area (Å²) in [6, 6.07) is 3.62. The van der Waals surface area contributed by atoms with E-state index in [2.05, 4.69) is 10.6 Å². The first-order chi connectivity index (χ1) is 9.16. The summed E-state index contributed by atoms with van der Waals surface area (Å²) in [4.78, 5) is 11.7. The van der Waals surface area contributed by atoms with Gasteiger partial charge in [-0.25, -0.2) is 8.78 Å². The summed E-state index contributed by atoms with van der Waals surface area (Å²) in [5.74, 6) is -1.22. The standard InChI is InChI=1S/C14H18F2N2O/c15-12-2-1-3-13(16)11(12)8-14(19)18-9-10-4-6-17-7-5-10/h1-3,10,17H,4-9H2,(H,18,19). The van der Waals surface area contributed by atoms with Crippen molar-refractivity contribution < 1.29 is 13.6 Å². The number of hydrogen-bond acceptors (Lipinski definition) is 2. The molecule has 0 atom stereocenters. The fraction of sp³-hybridized carbons (Fsp3) is 0.500. The minimum Gasteiger partial charge on any atom is -0.356 e. The van der Waals surface area contributed by atoms with Gasteiger partial charge in [0, 0.05) is 12.1 Å². The molecule has 5 heteroatoms. The topological polar surface area (TPSA) is 41.1 Å². The van der Waals surface area contributed by atoms with Crippen LogP contribution in [0.1, 0.15) is 18.4 Å². The highest BCUT2D eigenvalue weighted by Gasteiger charge is 2.16. The van der Waals surface area contributed by atoms with E-state index in [4.69, 9.17) is 0 Å². The van der Waals surface area contributed by atoms with Gasteiger partial charge in [-0.05, 0) is 44.0 Å². The number of rotatable bonds is 4. The average Bonchev–Trinajstić information content (AvgIpc) is 2.42. The molecule has 2 rings (SSSR count). The summed E-state index contributed by atoms with van der Waals surface area (Å²) < 4.78 is 26.8. The number of piperidine rings is 1. The van der Waals surface area contributed by atoms with Crippen LogP contribution in [0.5, 0.6) is 0 Å². The van der Waals surface area contributed by atoms with E-state index < -0.39 is 11.6 Å². The van der Waals surface area contributed by atoms with E-state index in [0.29, 0.717) is 12.5 Å². The highest BCUT2D eigenvalue weighted by Crippen LogP contribution is 2.13. The van der Waals surface area contributed by atoms with E-state index in [1.807, 2.05) is 0 Å². The fourth-order valence-corrected chi connectivity index (χ4v) is 2.27. The smallest absolute Gasteiger partial charge is 0.224 e. The van der Waals surface area contributed by atoms with Gasteiger partial charge in [0.25, 0.3) is 0 Å². The van der Waals surface area contributed by atoms with Crippen LogP contribution < -0.4 is 10.6 Å². The Kier molecular flexibility index (Phi) is 4.85. The van der Waals surface area contributed by atoms with Gasteiger partial charge in [-0.2, -0.15) is 0 Å². The molecule has 1 aromatic rings. The molecule has 0 saturated carbocycles. The molecule has 0 unspecified atom stereocenters. The Morgan fingerprint density at radius 3 is 2.53 bits per heavy atom. The predicted molar refractivity (Wildman–Crippen MR) is 68.7 cm³/mol. The summed E-state index contributed by atoms with van der Waals surface area (Å²) in [7, 11) is 0. The molecule has 3 nitrogen and oxygen atoms in total. The zero-order valence-electron chi connectivity index (χ0n) is 10.7. The normalized spacial score (nSPS) is 16.3. The second kappa shape index (κ2) is 6.61. The number of benzene rings is 1. The molecule has 0 bridgehead atoms. The van der Waals surface area contributed by atoms with Gasteiger partial charge < -0.3 is 10.6 Å². The largest absolute Gasteiger partial charge is 0.356 e. The van der Waals surface area contributed by atoms with Crippen molar-refractivity contribution in [3.05, 3.63) is 35.4 Å². The highest BCUT2D eigenvalue weighted by atomic mass is 19.1. The van der Waals surface area contributed by atoms with Crippen LogP contribution in [0, 0.1) is 17.6 Å². The third-order valence-electron chi connectivity index (χ3n) is 3.45. The van der Waals surface area contributed by atoms with Crippen molar-refractivity contribution >= 4 is 5.91 Å². The number of hydrogen-bond donors (Lipinski definition) is 2.